The molecule has 9 nitrogen and oxygen atoms in total. The van der Waals surface area contributed by atoms with Crippen LogP contribution >= 0.6 is 0 Å². The molecular weight excluding hydrogens is 604 g/mol. The van der Waals surface area contributed by atoms with Crippen LogP contribution in [-0.4, -0.2) is 58.1 Å². The fourth-order valence-electron chi connectivity index (χ4n) is 6.27. The van der Waals surface area contributed by atoms with Gasteiger partial charge in [-0.05, 0) is 61.6 Å². The first kappa shape index (κ1) is 31.0. The van der Waals surface area contributed by atoms with Gasteiger partial charge in [-0.15, -0.1) is 0 Å². The summed E-state index contributed by atoms with van der Waals surface area (Å²) in [5, 5.41) is 14.9. The molecular formula is C39H36N4O5. The highest BCUT2D eigenvalue weighted by molar-refractivity contribution is 6.50. The number of aliphatic hydroxyl groups is 1. The molecule has 9 heteroatoms. The van der Waals surface area contributed by atoms with Gasteiger partial charge in [-0.1, -0.05) is 60.7 Å². The number of H-pyrrole nitrogens is 1. The van der Waals surface area contributed by atoms with Crippen molar-refractivity contribution < 1.29 is 24.2 Å². The number of amides is 2. The van der Waals surface area contributed by atoms with E-state index in [1.807, 2.05) is 127 Å². The Bertz CT molecular complexity index is 2150. The predicted molar refractivity (Wildman–Crippen MR) is 186 cm³/mol. The number of likely N-dealkylation sites (N-methyl/N-ethyl adjacent to an activating group) is 1. The molecule has 2 amide bonds. The number of nitrogens with one attached hydrogen (secondary N) is 2. The monoisotopic (exact) mass is 640 g/mol. The van der Waals surface area contributed by atoms with Crippen molar-refractivity contribution in [3.05, 3.63) is 132 Å². The molecule has 0 spiro atoms. The Morgan fingerprint density at radius 2 is 1.33 bits per heavy atom. The molecule has 0 fully saturated rings. The van der Waals surface area contributed by atoms with Crippen molar-refractivity contribution in [3.8, 4) is 11.5 Å². The fraction of sp³-hybridized carbons (Fsp3) is 0.179. The third kappa shape index (κ3) is 6.33. The first-order chi connectivity index (χ1) is 23.3. The Kier molecular flexibility index (Phi) is 8.54. The Balaban J connectivity index is 1.32. The van der Waals surface area contributed by atoms with E-state index in [4.69, 9.17) is 9.47 Å². The average molecular weight is 641 g/mol. The number of aromatic nitrogens is 2. The number of hydrogen-bond acceptors (Lipinski definition) is 6. The average Bonchev–Trinajstić information content (AvgIpc) is 3.74. The van der Waals surface area contributed by atoms with Crippen LogP contribution in [0.15, 0.2) is 109 Å². The number of aromatic amines is 1. The van der Waals surface area contributed by atoms with E-state index in [9.17, 15) is 14.7 Å². The molecule has 0 radical (unpaired) electrons. The van der Waals surface area contributed by atoms with Crippen LogP contribution in [0.25, 0.3) is 33.0 Å². The van der Waals surface area contributed by atoms with E-state index < -0.39 is 17.9 Å². The van der Waals surface area contributed by atoms with Crippen LogP contribution in [0.4, 0.5) is 0 Å². The second-order valence-electron chi connectivity index (χ2n) is 12.3. The van der Waals surface area contributed by atoms with Gasteiger partial charge in [0.05, 0.1) is 17.3 Å². The minimum atomic E-state index is -0.659. The molecule has 2 aromatic heterocycles. The van der Waals surface area contributed by atoms with Crippen LogP contribution < -0.4 is 14.8 Å². The molecule has 1 aliphatic heterocycles. The van der Waals surface area contributed by atoms with Crippen molar-refractivity contribution in [1.82, 2.24) is 19.8 Å². The second-order valence-corrected chi connectivity index (χ2v) is 12.3. The van der Waals surface area contributed by atoms with E-state index in [0.29, 0.717) is 48.9 Å². The number of aliphatic hydroxyl groups excluding tert-OH is 1. The summed E-state index contributed by atoms with van der Waals surface area (Å²) in [6.07, 6.45) is 2.95. The lowest BCUT2D eigenvalue weighted by Crippen LogP contribution is -2.29. The summed E-state index contributed by atoms with van der Waals surface area (Å²) in [4.78, 5) is 32.4. The molecule has 0 saturated heterocycles. The highest BCUT2D eigenvalue weighted by Gasteiger charge is 2.35. The summed E-state index contributed by atoms with van der Waals surface area (Å²) in [6.45, 7) is 1.53. The van der Waals surface area contributed by atoms with Crippen molar-refractivity contribution in [1.29, 1.82) is 0 Å². The summed E-state index contributed by atoms with van der Waals surface area (Å²) < 4.78 is 14.2. The maximum Gasteiger partial charge on any atom is 0.259 e. The molecule has 3 N–H and O–H groups in total. The van der Waals surface area contributed by atoms with Crippen molar-refractivity contribution >= 4 is 44.8 Å². The number of benzene rings is 4. The lowest BCUT2D eigenvalue weighted by atomic mass is 9.95. The molecule has 6 aromatic rings. The van der Waals surface area contributed by atoms with Crippen molar-refractivity contribution in [2.24, 2.45) is 0 Å². The second kappa shape index (κ2) is 13.2. The summed E-state index contributed by atoms with van der Waals surface area (Å²) in [5.41, 5.74) is 5.40. The minimum Gasteiger partial charge on any atom is -0.489 e. The van der Waals surface area contributed by atoms with Gasteiger partial charge < -0.3 is 29.0 Å². The Labute approximate surface area is 278 Å². The number of rotatable bonds is 12. The molecule has 0 aliphatic carbocycles. The number of carbonyl (C=O) groups excluding carboxylic acids is 2. The number of fused-ring (bicyclic) bond motifs is 2. The zero-order valence-electron chi connectivity index (χ0n) is 26.8. The number of ether oxygens (including phenoxy) is 2. The van der Waals surface area contributed by atoms with Gasteiger partial charge in [0, 0.05) is 58.4 Å². The van der Waals surface area contributed by atoms with Crippen LogP contribution in [0.1, 0.15) is 22.3 Å². The predicted octanol–water partition coefficient (Wildman–Crippen LogP) is 5.77. The number of hydrogen-bond donors (Lipinski definition) is 3. The zero-order chi connectivity index (χ0) is 33.2. The van der Waals surface area contributed by atoms with Crippen LogP contribution in [-0.2, 0) is 29.3 Å². The van der Waals surface area contributed by atoms with E-state index in [0.717, 1.165) is 32.9 Å². The Morgan fingerprint density at radius 3 is 1.96 bits per heavy atom. The summed E-state index contributed by atoms with van der Waals surface area (Å²) >= 11 is 0. The maximum absolute atomic E-state index is 13.6. The molecule has 0 bridgehead atoms. The zero-order valence-corrected chi connectivity index (χ0v) is 26.8. The third-order valence-corrected chi connectivity index (χ3v) is 8.46. The lowest BCUT2D eigenvalue weighted by molar-refractivity contribution is -0.122. The SMILES string of the molecule is CN(C)CC(O)Cn1cc(C2=C(c3c[nH]c4ccc(OCc5ccccc5)cc34)C(=O)NC2=O)c2cc(OCc3ccccc3)ccc21. The Hall–Kier alpha value is -5.64. The van der Waals surface area contributed by atoms with Crippen LogP contribution in [0.2, 0.25) is 0 Å². The highest BCUT2D eigenvalue weighted by atomic mass is 16.5. The van der Waals surface area contributed by atoms with E-state index >= 15 is 0 Å². The van der Waals surface area contributed by atoms with E-state index in [1.54, 1.807) is 6.20 Å². The topological polar surface area (TPSA) is 109 Å². The summed E-state index contributed by atoms with van der Waals surface area (Å²) in [6, 6.07) is 31.2. The number of imide groups is 1. The van der Waals surface area contributed by atoms with Crippen molar-refractivity contribution in [3.63, 3.8) is 0 Å². The lowest BCUT2D eigenvalue weighted by Gasteiger charge is -2.17. The van der Waals surface area contributed by atoms with Crippen LogP contribution in [0, 0.1) is 0 Å². The van der Waals surface area contributed by atoms with E-state index in [-0.39, 0.29) is 11.1 Å². The van der Waals surface area contributed by atoms with Crippen molar-refractivity contribution in [2.75, 3.05) is 20.6 Å². The highest BCUT2D eigenvalue weighted by Crippen LogP contribution is 2.40. The summed E-state index contributed by atoms with van der Waals surface area (Å²) in [7, 11) is 3.81. The first-order valence-electron chi connectivity index (χ1n) is 15.8. The van der Waals surface area contributed by atoms with Crippen molar-refractivity contribution in [2.45, 2.75) is 25.9 Å². The number of carbonyl (C=O) groups is 2. The van der Waals surface area contributed by atoms with Gasteiger partial charge in [-0.3, -0.25) is 14.9 Å². The largest absolute Gasteiger partial charge is 0.489 e. The van der Waals surface area contributed by atoms with Gasteiger partial charge in [0.2, 0.25) is 0 Å². The fourth-order valence-corrected chi connectivity index (χ4v) is 6.27. The number of nitrogens with zero attached hydrogens (tertiary/aromatic N) is 2. The van der Waals surface area contributed by atoms with Gasteiger partial charge in [-0.25, -0.2) is 0 Å². The molecule has 242 valence electrons. The molecule has 1 unspecified atom stereocenters. The first-order valence-corrected chi connectivity index (χ1v) is 15.8. The molecule has 1 aliphatic rings. The normalized spacial score (nSPS) is 13.9. The third-order valence-electron chi connectivity index (χ3n) is 8.46. The van der Waals surface area contributed by atoms with Crippen LogP contribution in [0.3, 0.4) is 0 Å². The van der Waals surface area contributed by atoms with Gasteiger partial charge in [0.15, 0.2) is 0 Å². The molecule has 4 aromatic carbocycles. The molecule has 3 heterocycles. The van der Waals surface area contributed by atoms with Gasteiger partial charge >= 0.3 is 0 Å². The molecule has 7 rings (SSSR count). The van der Waals surface area contributed by atoms with Gasteiger partial charge in [0.1, 0.15) is 24.7 Å². The molecule has 1 atom stereocenters. The standard InChI is InChI=1S/C39H36N4O5/c1-42(2)20-27(44)21-43-22-33(31-18-29(14-16-35(31)43)48-24-26-11-7-4-8-12-26)37-36(38(45)41-39(37)46)32-19-40-34-15-13-28(17-30(32)34)47-23-25-9-5-3-6-10-25/h3-19,22,27,40,44H,20-21,23-24H2,1-2H3,(H,41,45,46). The van der Waals surface area contributed by atoms with Gasteiger partial charge in [-0.2, -0.15) is 0 Å². The van der Waals surface area contributed by atoms with Crippen LogP contribution in [0.5, 0.6) is 11.5 Å². The van der Waals surface area contributed by atoms with E-state index in [2.05, 4.69) is 10.3 Å². The van der Waals surface area contributed by atoms with Gasteiger partial charge in [0.25, 0.3) is 11.8 Å². The quantitative estimate of drug-likeness (QED) is 0.147. The molecule has 0 saturated carbocycles. The van der Waals surface area contributed by atoms with E-state index in [1.165, 1.54) is 0 Å². The smallest absolute Gasteiger partial charge is 0.259 e. The maximum atomic E-state index is 13.6. The minimum absolute atomic E-state index is 0.266. The summed E-state index contributed by atoms with van der Waals surface area (Å²) in [5.74, 6) is 0.310. The Morgan fingerprint density at radius 1 is 0.750 bits per heavy atom. The molecule has 48 heavy (non-hydrogen) atoms.